The fourth-order valence-corrected chi connectivity index (χ4v) is 3.04. The molecule has 0 saturated heterocycles. The second-order valence-electron chi connectivity index (χ2n) is 6.60. The van der Waals surface area contributed by atoms with Crippen molar-refractivity contribution < 1.29 is 14.3 Å². The number of halogens is 1. The van der Waals surface area contributed by atoms with Gasteiger partial charge in [-0.1, -0.05) is 23.7 Å². The molecule has 7 heteroatoms. The van der Waals surface area contributed by atoms with Crippen LogP contribution in [0.25, 0.3) is 0 Å². The van der Waals surface area contributed by atoms with Crippen molar-refractivity contribution in [1.29, 1.82) is 0 Å². The van der Waals surface area contributed by atoms with Gasteiger partial charge in [-0.25, -0.2) is 0 Å². The van der Waals surface area contributed by atoms with Crippen LogP contribution in [-0.2, 0) is 9.59 Å². The molecule has 6 nitrogen and oxygen atoms in total. The molecule has 0 saturated carbocycles. The molecule has 1 aliphatic rings. The summed E-state index contributed by atoms with van der Waals surface area (Å²) in [7, 11) is 1.58. The number of amides is 2. The molecule has 0 atom stereocenters. The summed E-state index contributed by atoms with van der Waals surface area (Å²) < 4.78 is 5.14. The topological polar surface area (TPSA) is 71.0 Å². The van der Waals surface area contributed by atoms with Gasteiger partial charge in [-0.2, -0.15) is 0 Å². The van der Waals surface area contributed by atoms with Crippen molar-refractivity contribution >= 4 is 34.8 Å². The molecular weight excluding hydrogens is 366 g/mol. The number of para-hydroxylation sites is 1. The minimum absolute atomic E-state index is 0.125. The van der Waals surface area contributed by atoms with Gasteiger partial charge >= 0.3 is 0 Å². The molecule has 0 aromatic heterocycles. The zero-order valence-corrected chi connectivity index (χ0v) is 16.1. The fourth-order valence-electron chi connectivity index (χ4n) is 2.86. The number of nitrogens with one attached hydrogen (secondary N) is 1. The van der Waals surface area contributed by atoms with Crippen molar-refractivity contribution in [2.75, 3.05) is 19.0 Å². The monoisotopic (exact) mass is 385 g/mol. The largest absolute Gasteiger partial charge is 0.497 e. The molecule has 0 aliphatic carbocycles. The van der Waals surface area contributed by atoms with Crippen molar-refractivity contribution in [3.63, 3.8) is 0 Å². The maximum absolute atomic E-state index is 12.9. The Balaban J connectivity index is 1.76. The number of aliphatic imine (C=N–C) groups is 1. The lowest BCUT2D eigenvalue weighted by Crippen LogP contribution is -2.46. The summed E-state index contributed by atoms with van der Waals surface area (Å²) in [6.07, 6.45) is 0. The van der Waals surface area contributed by atoms with Gasteiger partial charge < -0.3 is 15.0 Å². The maximum Gasteiger partial charge on any atom is 0.275 e. The molecule has 0 spiro atoms. The number of hydrogen-bond donors (Lipinski definition) is 1. The number of nitrogens with zero attached hydrogens (tertiary/aromatic N) is 2. The highest BCUT2D eigenvalue weighted by atomic mass is 35.5. The lowest BCUT2D eigenvalue weighted by molar-refractivity contribution is -0.131. The van der Waals surface area contributed by atoms with Crippen LogP contribution in [-0.4, -0.2) is 41.7 Å². The molecule has 0 unspecified atom stereocenters. The highest BCUT2D eigenvalue weighted by Crippen LogP contribution is 2.27. The van der Waals surface area contributed by atoms with Crippen LogP contribution < -0.4 is 10.1 Å². The van der Waals surface area contributed by atoms with Gasteiger partial charge in [-0.05, 0) is 50.2 Å². The van der Waals surface area contributed by atoms with E-state index in [9.17, 15) is 9.59 Å². The van der Waals surface area contributed by atoms with E-state index in [0.717, 1.165) is 0 Å². The lowest BCUT2D eigenvalue weighted by Gasteiger charge is -2.28. The molecule has 2 aromatic rings. The Bertz CT molecular complexity index is 907. The normalized spacial score (nSPS) is 15.5. The van der Waals surface area contributed by atoms with Crippen LogP contribution in [0.1, 0.15) is 19.4 Å². The lowest BCUT2D eigenvalue weighted by atomic mass is 10.1. The van der Waals surface area contributed by atoms with Crippen molar-refractivity contribution in [2.45, 2.75) is 19.5 Å². The summed E-state index contributed by atoms with van der Waals surface area (Å²) in [5.74, 6) is 0.0650. The first-order chi connectivity index (χ1) is 12.8. The molecule has 1 N–H and O–H groups in total. The molecule has 2 amide bonds. The number of methoxy groups -OCH3 is 1. The summed E-state index contributed by atoms with van der Waals surface area (Å²) in [4.78, 5) is 31.3. The number of hydrogen-bond acceptors (Lipinski definition) is 4. The first kappa shape index (κ1) is 18.9. The Morgan fingerprint density at radius 3 is 2.48 bits per heavy atom. The van der Waals surface area contributed by atoms with Gasteiger partial charge in [0.25, 0.3) is 5.91 Å². The Labute approximate surface area is 162 Å². The molecule has 0 radical (unpaired) electrons. The second-order valence-corrected chi connectivity index (χ2v) is 7.01. The maximum atomic E-state index is 12.9. The Morgan fingerprint density at radius 1 is 1.19 bits per heavy atom. The van der Waals surface area contributed by atoms with E-state index in [0.29, 0.717) is 27.7 Å². The van der Waals surface area contributed by atoms with Crippen LogP contribution in [0.2, 0.25) is 5.02 Å². The van der Waals surface area contributed by atoms with Gasteiger partial charge in [-0.15, -0.1) is 0 Å². The van der Waals surface area contributed by atoms with Gasteiger partial charge in [0.2, 0.25) is 5.91 Å². The van der Waals surface area contributed by atoms with E-state index in [1.54, 1.807) is 69.5 Å². The minimum Gasteiger partial charge on any atom is -0.497 e. The zero-order chi connectivity index (χ0) is 19.6. The summed E-state index contributed by atoms with van der Waals surface area (Å²) in [6.45, 7) is 3.47. The average molecular weight is 386 g/mol. The smallest absolute Gasteiger partial charge is 0.275 e. The first-order valence-electron chi connectivity index (χ1n) is 8.42. The predicted molar refractivity (Wildman–Crippen MR) is 105 cm³/mol. The number of ether oxygens (including phenoxy) is 1. The second kappa shape index (κ2) is 7.40. The van der Waals surface area contributed by atoms with E-state index in [-0.39, 0.29) is 18.4 Å². The summed E-state index contributed by atoms with van der Waals surface area (Å²) >= 11 is 6.07. The van der Waals surface area contributed by atoms with Crippen LogP contribution in [0.5, 0.6) is 5.75 Å². The third-order valence-corrected chi connectivity index (χ3v) is 4.64. The molecule has 27 heavy (non-hydrogen) atoms. The number of rotatable bonds is 5. The fraction of sp³-hybridized carbons (Fsp3) is 0.250. The van der Waals surface area contributed by atoms with Crippen LogP contribution in [0.4, 0.5) is 5.69 Å². The van der Waals surface area contributed by atoms with Gasteiger partial charge in [0.15, 0.2) is 0 Å². The molecule has 0 fully saturated rings. The molecular formula is C20H20ClN3O3. The Hall–Kier alpha value is -2.86. The zero-order valence-electron chi connectivity index (χ0n) is 15.3. The van der Waals surface area contributed by atoms with E-state index >= 15 is 0 Å². The van der Waals surface area contributed by atoms with Crippen LogP contribution in [0, 0.1) is 0 Å². The third-order valence-electron chi connectivity index (χ3n) is 4.31. The van der Waals surface area contributed by atoms with Gasteiger partial charge in [0, 0.05) is 5.56 Å². The molecule has 3 rings (SSSR count). The number of anilines is 1. The van der Waals surface area contributed by atoms with Crippen LogP contribution >= 0.6 is 11.6 Å². The van der Waals surface area contributed by atoms with E-state index in [2.05, 4.69) is 10.3 Å². The average Bonchev–Trinajstić information content (AvgIpc) is 2.87. The van der Waals surface area contributed by atoms with E-state index in [1.165, 1.54) is 4.90 Å². The van der Waals surface area contributed by atoms with Crippen LogP contribution in [0.15, 0.2) is 53.5 Å². The van der Waals surface area contributed by atoms with Gasteiger partial charge in [0.05, 0.1) is 17.8 Å². The van der Waals surface area contributed by atoms with Crippen molar-refractivity contribution in [2.24, 2.45) is 4.99 Å². The van der Waals surface area contributed by atoms with Gasteiger partial charge in [-0.3, -0.25) is 14.6 Å². The quantitative estimate of drug-likeness (QED) is 0.857. The van der Waals surface area contributed by atoms with E-state index in [1.807, 2.05) is 0 Å². The van der Waals surface area contributed by atoms with Crippen molar-refractivity contribution in [1.82, 2.24) is 4.90 Å². The molecule has 140 valence electrons. The summed E-state index contributed by atoms with van der Waals surface area (Å²) in [6, 6.07) is 14.0. The number of carbonyl (C=O) groups excluding carboxylic acids is 2. The highest BCUT2D eigenvalue weighted by molar-refractivity contribution is 6.47. The molecule has 1 aliphatic heterocycles. The minimum atomic E-state index is -0.829. The third kappa shape index (κ3) is 3.95. The van der Waals surface area contributed by atoms with Crippen LogP contribution in [0.3, 0.4) is 0 Å². The molecule has 1 heterocycles. The SMILES string of the molecule is COc1ccc(C2=NC(C)(C)N(CC(=O)Nc3ccccc3Cl)C2=O)cc1. The summed E-state index contributed by atoms with van der Waals surface area (Å²) in [5, 5.41) is 3.17. The highest BCUT2D eigenvalue weighted by Gasteiger charge is 2.41. The predicted octanol–water partition coefficient (Wildman–Crippen LogP) is 3.35. The van der Waals surface area contributed by atoms with Gasteiger partial charge in [0.1, 0.15) is 23.7 Å². The van der Waals surface area contributed by atoms with E-state index in [4.69, 9.17) is 16.3 Å². The number of carbonyl (C=O) groups is 2. The molecule has 0 bridgehead atoms. The standard InChI is InChI=1S/C20H20ClN3O3/c1-20(2)23-18(13-8-10-14(27-3)11-9-13)19(26)24(20)12-17(25)22-16-7-5-4-6-15(16)21/h4-11H,12H2,1-3H3,(H,22,25). The van der Waals surface area contributed by atoms with E-state index < -0.39 is 5.66 Å². The Kier molecular flexibility index (Phi) is 5.19. The van der Waals surface area contributed by atoms with Crippen molar-refractivity contribution in [3.8, 4) is 5.75 Å². The summed E-state index contributed by atoms with van der Waals surface area (Å²) in [5.41, 5.74) is 0.686. The van der Waals surface area contributed by atoms with Crippen molar-refractivity contribution in [3.05, 3.63) is 59.1 Å². The first-order valence-corrected chi connectivity index (χ1v) is 8.80. The molecule has 2 aromatic carbocycles. The Morgan fingerprint density at radius 2 is 1.85 bits per heavy atom. The number of benzene rings is 2.